The van der Waals surface area contributed by atoms with Crippen LogP contribution < -0.4 is 0 Å². The van der Waals surface area contributed by atoms with Crippen molar-refractivity contribution in [1.29, 1.82) is 0 Å². The molecule has 0 saturated heterocycles. The van der Waals surface area contributed by atoms with Gasteiger partial charge in [-0.3, -0.25) is 0 Å². The molecule has 1 nitrogen and oxygen atoms in total. The van der Waals surface area contributed by atoms with Crippen molar-refractivity contribution in [1.82, 2.24) is 0 Å². The molecule has 0 saturated carbocycles. The normalized spacial score (nSPS) is 22.1. The summed E-state index contributed by atoms with van der Waals surface area (Å²) >= 11 is 0. The van der Waals surface area contributed by atoms with Crippen molar-refractivity contribution in [3.05, 3.63) is 34.9 Å². The Labute approximate surface area is 85.8 Å². The Hall–Kier alpha value is -0.820. The second-order valence-corrected chi connectivity index (χ2v) is 4.39. The molecule has 1 aromatic rings. The van der Waals surface area contributed by atoms with Crippen molar-refractivity contribution in [2.75, 3.05) is 0 Å². The first-order valence-corrected chi connectivity index (χ1v) is 5.50. The van der Waals surface area contributed by atoms with Crippen LogP contribution in [0.15, 0.2) is 18.2 Å². The Morgan fingerprint density at radius 1 is 1.36 bits per heavy atom. The molecular formula is C13H18O. The lowest BCUT2D eigenvalue weighted by Gasteiger charge is -2.06. The van der Waals surface area contributed by atoms with E-state index in [-0.39, 0.29) is 6.10 Å². The van der Waals surface area contributed by atoms with E-state index in [1.54, 1.807) is 0 Å². The van der Waals surface area contributed by atoms with Crippen LogP contribution in [-0.2, 0) is 12.8 Å². The van der Waals surface area contributed by atoms with E-state index in [0.29, 0.717) is 0 Å². The molecule has 14 heavy (non-hydrogen) atoms. The highest BCUT2D eigenvalue weighted by molar-refractivity contribution is 5.36. The van der Waals surface area contributed by atoms with Gasteiger partial charge in [0.15, 0.2) is 0 Å². The summed E-state index contributed by atoms with van der Waals surface area (Å²) in [6, 6.07) is 6.42. The zero-order chi connectivity index (χ0) is 10.1. The summed E-state index contributed by atoms with van der Waals surface area (Å²) in [6.45, 7) is 4.08. The zero-order valence-electron chi connectivity index (χ0n) is 8.96. The maximum Gasteiger partial charge on any atom is 0.0762 e. The predicted molar refractivity (Wildman–Crippen MR) is 58.3 cm³/mol. The molecule has 0 unspecified atom stereocenters. The van der Waals surface area contributed by atoms with E-state index in [0.717, 1.165) is 11.5 Å². The van der Waals surface area contributed by atoms with E-state index < -0.39 is 0 Å². The predicted octanol–water partition coefficient (Wildman–Crippen LogP) is 2.86. The first-order chi connectivity index (χ1) is 6.70. The van der Waals surface area contributed by atoms with Gasteiger partial charge in [0.1, 0.15) is 0 Å². The molecule has 0 radical (unpaired) electrons. The zero-order valence-corrected chi connectivity index (χ0v) is 8.96. The van der Waals surface area contributed by atoms with E-state index in [1.807, 2.05) is 6.92 Å². The van der Waals surface area contributed by atoms with E-state index >= 15 is 0 Å². The Bertz CT molecular complexity index is 328. The Kier molecular flexibility index (Phi) is 2.60. The highest BCUT2D eigenvalue weighted by atomic mass is 16.3. The van der Waals surface area contributed by atoms with Gasteiger partial charge in [-0.2, -0.15) is 0 Å². The van der Waals surface area contributed by atoms with Crippen molar-refractivity contribution >= 4 is 0 Å². The van der Waals surface area contributed by atoms with Gasteiger partial charge >= 0.3 is 0 Å². The SMILES string of the molecule is CC[C@H]1Cc2ccc([C@H](C)O)cc2C1. The van der Waals surface area contributed by atoms with Crippen LogP contribution in [0.25, 0.3) is 0 Å². The average Bonchev–Trinajstić information content (AvgIpc) is 2.58. The number of fused-ring (bicyclic) bond motifs is 1. The van der Waals surface area contributed by atoms with Crippen molar-refractivity contribution in [3.8, 4) is 0 Å². The quantitative estimate of drug-likeness (QED) is 0.760. The minimum Gasteiger partial charge on any atom is -0.389 e. The van der Waals surface area contributed by atoms with E-state index in [2.05, 4.69) is 25.1 Å². The summed E-state index contributed by atoms with van der Waals surface area (Å²) < 4.78 is 0. The van der Waals surface area contributed by atoms with Gasteiger partial charge in [-0.1, -0.05) is 31.5 Å². The lowest BCUT2D eigenvalue weighted by Crippen LogP contribution is -1.95. The summed E-state index contributed by atoms with van der Waals surface area (Å²) in [7, 11) is 0. The standard InChI is InChI=1S/C13H18O/c1-3-10-6-12-5-4-11(9(2)14)8-13(12)7-10/h4-5,8-10,14H,3,6-7H2,1-2H3/t9-,10-/m0/s1. The van der Waals surface area contributed by atoms with Gasteiger partial charge in [0, 0.05) is 0 Å². The smallest absolute Gasteiger partial charge is 0.0762 e. The van der Waals surface area contributed by atoms with Crippen LogP contribution in [0.5, 0.6) is 0 Å². The number of aliphatic hydroxyl groups excluding tert-OH is 1. The van der Waals surface area contributed by atoms with Crippen LogP contribution in [-0.4, -0.2) is 5.11 Å². The molecule has 0 amide bonds. The molecule has 1 N–H and O–H groups in total. The Morgan fingerprint density at radius 2 is 2.07 bits per heavy atom. The largest absolute Gasteiger partial charge is 0.389 e. The highest BCUT2D eigenvalue weighted by Gasteiger charge is 2.20. The summed E-state index contributed by atoms with van der Waals surface area (Å²) in [5.74, 6) is 0.828. The monoisotopic (exact) mass is 190 g/mol. The van der Waals surface area contributed by atoms with Crippen molar-refractivity contribution in [2.24, 2.45) is 5.92 Å². The topological polar surface area (TPSA) is 20.2 Å². The summed E-state index contributed by atoms with van der Waals surface area (Å²) in [4.78, 5) is 0. The molecule has 2 atom stereocenters. The van der Waals surface area contributed by atoms with E-state index in [9.17, 15) is 5.11 Å². The third-order valence-corrected chi connectivity index (χ3v) is 3.31. The van der Waals surface area contributed by atoms with Crippen molar-refractivity contribution < 1.29 is 5.11 Å². The van der Waals surface area contributed by atoms with E-state index in [1.165, 1.54) is 30.4 Å². The molecule has 0 aromatic heterocycles. The fraction of sp³-hybridized carbons (Fsp3) is 0.538. The van der Waals surface area contributed by atoms with Gasteiger partial charge in [0.2, 0.25) is 0 Å². The lowest BCUT2D eigenvalue weighted by atomic mass is 10.0. The lowest BCUT2D eigenvalue weighted by molar-refractivity contribution is 0.199. The summed E-state index contributed by atoms with van der Waals surface area (Å²) in [5, 5.41) is 9.48. The minimum atomic E-state index is -0.332. The molecule has 0 heterocycles. The number of hydrogen-bond donors (Lipinski definition) is 1. The maximum absolute atomic E-state index is 9.48. The van der Waals surface area contributed by atoms with Crippen LogP contribution in [0.1, 0.15) is 43.1 Å². The second-order valence-electron chi connectivity index (χ2n) is 4.39. The third kappa shape index (κ3) is 1.69. The maximum atomic E-state index is 9.48. The Morgan fingerprint density at radius 3 is 2.71 bits per heavy atom. The first kappa shape index (κ1) is 9.72. The van der Waals surface area contributed by atoms with Gasteiger partial charge in [-0.25, -0.2) is 0 Å². The number of hydrogen-bond acceptors (Lipinski definition) is 1. The molecule has 1 aromatic carbocycles. The number of benzene rings is 1. The van der Waals surface area contributed by atoms with E-state index in [4.69, 9.17) is 0 Å². The molecular weight excluding hydrogens is 172 g/mol. The van der Waals surface area contributed by atoms with Gasteiger partial charge in [-0.05, 0) is 42.4 Å². The van der Waals surface area contributed by atoms with Crippen molar-refractivity contribution in [3.63, 3.8) is 0 Å². The molecule has 0 bridgehead atoms. The molecule has 0 aliphatic heterocycles. The third-order valence-electron chi connectivity index (χ3n) is 3.31. The molecule has 0 fully saturated rings. The fourth-order valence-electron chi connectivity index (χ4n) is 2.28. The van der Waals surface area contributed by atoms with Crippen LogP contribution in [0, 0.1) is 5.92 Å². The van der Waals surface area contributed by atoms with Gasteiger partial charge < -0.3 is 5.11 Å². The fourth-order valence-corrected chi connectivity index (χ4v) is 2.28. The highest BCUT2D eigenvalue weighted by Crippen LogP contribution is 2.30. The van der Waals surface area contributed by atoms with Crippen LogP contribution in [0.2, 0.25) is 0 Å². The first-order valence-electron chi connectivity index (χ1n) is 5.50. The minimum absolute atomic E-state index is 0.332. The summed E-state index contributed by atoms with van der Waals surface area (Å²) in [5.41, 5.74) is 4.00. The molecule has 2 rings (SSSR count). The van der Waals surface area contributed by atoms with Gasteiger partial charge in [0.05, 0.1) is 6.10 Å². The molecule has 1 heteroatoms. The molecule has 76 valence electrons. The van der Waals surface area contributed by atoms with Crippen LogP contribution in [0.3, 0.4) is 0 Å². The van der Waals surface area contributed by atoms with Crippen molar-refractivity contribution in [2.45, 2.75) is 39.2 Å². The summed E-state index contributed by atoms with van der Waals surface area (Å²) in [6.07, 6.45) is 3.36. The molecule has 1 aliphatic rings. The number of rotatable bonds is 2. The van der Waals surface area contributed by atoms with Gasteiger partial charge in [-0.15, -0.1) is 0 Å². The van der Waals surface area contributed by atoms with Crippen LogP contribution in [0.4, 0.5) is 0 Å². The number of aliphatic hydroxyl groups is 1. The second kappa shape index (κ2) is 3.74. The average molecular weight is 190 g/mol. The van der Waals surface area contributed by atoms with Gasteiger partial charge in [0.25, 0.3) is 0 Å². The van der Waals surface area contributed by atoms with Crippen LogP contribution >= 0.6 is 0 Å². The molecule has 0 spiro atoms. The molecule has 1 aliphatic carbocycles. The Balaban J connectivity index is 2.26.